The summed E-state index contributed by atoms with van der Waals surface area (Å²) in [7, 11) is 0. The molecular formula is C8H11BrN4. The zero-order valence-electron chi connectivity index (χ0n) is 7.20. The maximum absolute atomic E-state index is 4.10. The summed E-state index contributed by atoms with van der Waals surface area (Å²) >= 11 is 3.26. The topological polar surface area (TPSA) is 41.0 Å². The van der Waals surface area contributed by atoms with Crippen LogP contribution in [-0.4, -0.2) is 36.4 Å². The van der Waals surface area contributed by atoms with E-state index in [-0.39, 0.29) is 0 Å². The van der Waals surface area contributed by atoms with Crippen LogP contribution in [0.5, 0.6) is 0 Å². The summed E-state index contributed by atoms with van der Waals surface area (Å²) in [6.07, 6.45) is 0. The van der Waals surface area contributed by atoms with E-state index in [1.54, 1.807) is 0 Å². The molecule has 0 radical (unpaired) electrons. The standard InChI is InChI=1S/C8H11BrN4/c9-7-1-2-8(12-11-7)13-5-3-10-4-6-13/h1-2,10H,3-6H2. The molecule has 1 aliphatic heterocycles. The fourth-order valence-electron chi connectivity index (χ4n) is 1.37. The Morgan fingerprint density at radius 3 is 2.62 bits per heavy atom. The molecule has 1 aromatic heterocycles. The van der Waals surface area contributed by atoms with E-state index >= 15 is 0 Å². The van der Waals surface area contributed by atoms with Crippen molar-refractivity contribution in [1.29, 1.82) is 0 Å². The number of halogens is 1. The van der Waals surface area contributed by atoms with Gasteiger partial charge in [0.1, 0.15) is 4.60 Å². The molecule has 13 heavy (non-hydrogen) atoms. The Morgan fingerprint density at radius 1 is 1.23 bits per heavy atom. The largest absolute Gasteiger partial charge is 0.353 e. The predicted octanol–water partition coefficient (Wildman–Crippen LogP) is 0.649. The SMILES string of the molecule is Brc1ccc(N2CCNCC2)nn1. The Hall–Kier alpha value is -0.680. The highest BCUT2D eigenvalue weighted by Crippen LogP contribution is 2.12. The summed E-state index contributed by atoms with van der Waals surface area (Å²) < 4.78 is 0.784. The highest BCUT2D eigenvalue weighted by molar-refractivity contribution is 9.10. The monoisotopic (exact) mass is 242 g/mol. The highest BCUT2D eigenvalue weighted by atomic mass is 79.9. The second-order valence-electron chi connectivity index (χ2n) is 2.95. The Kier molecular flexibility index (Phi) is 2.75. The number of rotatable bonds is 1. The molecule has 4 nitrogen and oxygen atoms in total. The van der Waals surface area contributed by atoms with Crippen LogP contribution in [0.2, 0.25) is 0 Å². The third-order valence-corrected chi connectivity index (χ3v) is 2.48. The maximum Gasteiger partial charge on any atom is 0.151 e. The van der Waals surface area contributed by atoms with E-state index in [0.717, 1.165) is 36.6 Å². The molecular weight excluding hydrogens is 232 g/mol. The molecule has 2 heterocycles. The zero-order chi connectivity index (χ0) is 9.10. The Labute approximate surface area is 85.5 Å². The van der Waals surface area contributed by atoms with Gasteiger partial charge in [0.05, 0.1) is 0 Å². The molecule has 0 aliphatic carbocycles. The van der Waals surface area contributed by atoms with Crippen LogP contribution in [0.15, 0.2) is 16.7 Å². The van der Waals surface area contributed by atoms with Crippen molar-refractivity contribution in [3.8, 4) is 0 Å². The molecule has 2 rings (SSSR count). The van der Waals surface area contributed by atoms with Crippen LogP contribution in [0, 0.1) is 0 Å². The summed E-state index contributed by atoms with van der Waals surface area (Å²) in [4.78, 5) is 2.23. The van der Waals surface area contributed by atoms with Gasteiger partial charge in [-0.1, -0.05) is 0 Å². The molecule has 1 saturated heterocycles. The first kappa shape index (κ1) is 8.90. The number of nitrogens with zero attached hydrogens (tertiary/aromatic N) is 3. The summed E-state index contributed by atoms with van der Waals surface area (Å²) in [6, 6.07) is 3.91. The van der Waals surface area contributed by atoms with Crippen molar-refractivity contribution in [3.63, 3.8) is 0 Å². The quantitative estimate of drug-likeness (QED) is 0.786. The van der Waals surface area contributed by atoms with Gasteiger partial charge in [0.2, 0.25) is 0 Å². The molecule has 1 aromatic rings. The van der Waals surface area contributed by atoms with E-state index in [1.165, 1.54) is 0 Å². The first-order chi connectivity index (χ1) is 6.36. The molecule has 5 heteroatoms. The lowest BCUT2D eigenvalue weighted by atomic mass is 10.3. The van der Waals surface area contributed by atoms with Crippen LogP contribution in [0.3, 0.4) is 0 Å². The van der Waals surface area contributed by atoms with Gasteiger partial charge < -0.3 is 10.2 Å². The van der Waals surface area contributed by atoms with E-state index in [1.807, 2.05) is 12.1 Å². The van der Waals surface area contributed by atoms with Crippen LogP contribution in [0.4, 0.5) is 5.82 Å². The van der Waals surface area contributed by atoms with Crippen molar-refractivity contribution in [2.75, 3.05) is 31.1 Å². The molecule has 1 N–H and O–H groups in total. The van der Waals surface area contributed by atoms with E-state index in [9.17, 15) is 0 Å². The number of piperazine rings is 1. The third-order valence-electron chi connectivity index (χ3n) is 2.06. The molecule has 0 atom stereocenters. The van der Waals surface area contributed by atoms with E-state index in [2.05, 4.69) is 36.3 Å². The van der Waals surface area contributed by atoms with Crippen molar-refractivity contribution in [2.45, 2.75) is 0 Å². The molecule has 1 fully saturated rings. The molecule has 0 saturated carbocycles. The number of aromatic nitrogens is 2. The lowest BCUT2D eigenvalue weighted by molar-refractivity contribution is 0.582. The Bertz CT molecular complexity index is 268. The minimum Gasteiger partial charge on any atom is -0.353 e. The average Bonchev–Trinajstić information content (AvgIpc) is 2.20. The van der Waals surface area contributed by atoms with Gasteiger partial charge in [-0.15, -0.1) is 10.2 Å². The summed E-state index contributed by atoms with van der Waals surface area (Å²) in [5, 5.41) is 11.4. The van der Waals surface area contributed by atoms with Gasteiger partial charge in [-0.2, -0.15) is 0 Å². The normalized spacial score (nSPS) is 17.5. The first-order valence-corrected chi connectivity index (χ1v) is 5.10. The smallest absolute Gasteiger partial charge is 0.151 e. The number of hydrogen-bond donors (Lipinski definition) is 1. The predicted molar refractivity (Wildman–Crippen MR) is 54.8 cm³/mol. The average molecular weight is 243 g/mol. The molecule has 0 amide bonds. The fraction of sp³-hybridized carbons (Fsp3) is 0.500. The Balaban J connectivity index is 2.10. The van der Waals surface area contributed by atoms with Gasteiger partial charge in [-0.05, 0) is 28.1 Å². The number of nitrogens with one attached hydrogen (secondary N) is 1. The molecule has 0 unspecified atom stereocenters. The van der Waals surface area contributed by atoms with Crippen molar-refractivity contribution in [3.05, 3.63) is 16.7 Å². The summed E-state index contributed by atoms with van der Waals surface area (Å²) in [5.74, 6) is 0.963. The van der Waals surface area contributed by atoms with Crippen molar-refractivity contribution in [1.82, 2.24) is 15.5 Å². The van der Waals surface area contributed by atoms with Gasteiger partial charge in [-0.3, -0.25) is 0 Å². The lowest BCUT2D eigenvalue weighted by Crippen LogP contribution is -2.43. The van der Waals surface area contributed by atoms with Gasteiger partial charge in [-0.25, -0.2) is 0 Å². The van der Waals surface area contributed by atoms with Crippen LogP contribution < -0.4 is 10.2 Å². The molecule has 1 aliphatic rings. The van der Waals surface area contributed by atoms with Crippen LogP contribution in [0.25, 0.3) is 0 Å². The van der Waals surface area contributed by atoms with E-state index in [4.69, 9.17) is 0 Å². The van der Waals surface area contributed by atoms with Crippen molar-refractivity contribution >= 4 is 21.7 Å². The van der Waals surface area contributed by atoms with Crippen LogP contribution in [0.1, 0.15) is 0 Å². The minimum atomic E-state index is 0.784. The third kappa shape index (κ3) is 2.16. The maximum atomic E-state index is 4.10. The van der Waals surface area contributed by atoms with Gasteiger partial charge in [0.15, 0.2) is 5.82 Å². The number of anilines is 1. The van der Waals surface area contributed by atoms with Gasteiger partial charge in [0.25, 0.3) is 0 Å². The van der Waals surface area contributed by atoms with Crippen LogP contribution >= 0.6 is 15.9 Å². The summed E-state index contributed by atoms with van der Waals surface area (Å²) in [6.45, 7) is 4.07. The van der Waals surface area contributed by atoms with E-state index < -0.39 is 0 Å². The second kappa shape index (κ2) is 4.02. The molecule has 0 aromatic carbocycles. The van der Waals surface area contributed by atoms with Crippen molar-refractivity contribution in [2.24, 2.45) is 0 Å². The van der Waals surface area contributed by atoms with E-state index in [0.29, 0.717) is 0 Å². The second-order valence-corrected chi connectivity index (χ2v) is 3.76. The fourth-order valence-corrected chi connectivity index (χ4v) is 1.58. The highest BCUT2D eigenvalue weighted by Gasteiger charge is 2.11. The molecule has 0 bridgehead atoms. The molecule has 70 valence electrons. The Morgan fingerprint density at radius 2 is 2.00 bits per heavy atom. The lowest BCUT2D eigenvalue weighted by Gasteiger charge is -2.27. The molecule has 0 spiro atoms. The van der Waals surface area contributed by atoms with Crippen LogP contribution in [-0.2, 0) is 0 Å². The minimum absolute atomic E-state index is 0.784. The van der Waals surface area contributed by atoms with Crippen molar-refractivity contribution < 1.29 is 0 Å². The zero-order valence-corrected chi connectivity index (χ0v) is 8.79. The van der Waals surface area contributed by atoms with Gasteiger partial charge in [0, 0.05) is 26.2 Å². The summed E-state index contributed by atoms with van der Waals surface area (Å²) in [5.41, 5.74) is 0. The van der Waals surface area contributed by atoms with Gasteiger partial charge >= 0.3 is 0 Å². The first-order valence-electron chi connectivity index (χ1n) is 4.31. The number of hydrogen-bond acceptors (Lipinski definition) is 4.